The lowest BCUT2D eigenvalue weighted by Gasteiger charge is -2.05. The lowest BCUT2D eigenvalue weighted by Crippen LogP contribution is -2.05. The average Bonchev–Trinajstić information content (AvgIpc) is 2.87. The first-order chi connectivity index (χ1) is 8.74. The highest BCUT2D eigenvalue weighted by atomic mass is 32.1. The fourth-order valence-electron chi connectivity index (χ4n) is 1.83. The normalized spacial score (nSPS) is 11.0. The molecule has 0 fully saturated rings. The fourth-order valence-corrected chi connectivity index (χ4v) is 2.61. The molecule has 0 saturated carbocycles. The smallest absolute Gasteiger partial charge is 0.214 e. The zero-order valence-corrected chi connectivity index (χ0v) is 10.5. The number of fused-ring (bicyclic) bond motifs is 1. The number of imidazole rings is 1. The van der Waals surface area contributed by atoms with E-state index in [1.807, 2.05) is 22.9 Å². The van der Waals surface area contributed by atoms with Crippen LogP contribution in [0, 0.1) is 12.9 Å². The van der Waals surface area contributed by atoms with E-state index in [4.69, 9.17) is 0 Å². The molecule has 0 bridgehead atoms. The number of hydrogen-bond acceptors (Lipinski definition) is 4. The van der Waals surface area contributed by atoms with Crippen LogP contribution in [-0.2, 0) is 6.54 Å². The highest BCUT2D eigenvalue weighted by Gasteiger charge is 2.09. The van der Waals surface area contributed by atoms with Crippen molar-refractivity contribution in [3.05, 3.63) is 47.1 Å². The van der Waals surface area contributed by atoms with Crippen molar-refractivity contribution < 1.29 is 4.39 Å². The molecule has 0 aliphatic rings. The summed E-state index contributed by atoms with van der Waals surface area (Å²) in [5, 5.41) is 5.10. The van der Waals surface area contributed by atoms with Gasteiger partial charge in [-0.3, -0.25) is 4.40 Å². The minimum atomic E-state index is -0.481. The molecular weight excluding hydrogens is 251 g/mol. The molecule has 0 aliphatic carbocycles. The highest BCUT2D eigenvalue weighted by Crippen LogP contribution is 2.17. The Kier molecular flexibility index (Phi) is 2.71. The maximum Gasteiger partial charge on any atom is 0.214 e. The van der Waals surface area contributed by atoms with E-state index in [9.17, 15) is 4.39 Å². The fraction of sp³-hybridized carbons (Fsp3) is 0.167. The summed E-state index contributed by atoms with van der Waals surface area (Å²) in [5.41, 5.74) is 2.04. The number of hydrogen-bond donors (Lipinski definition) is 1. The molecule has 3 aromatic rings. The molecule has 0 radical (unpaired) electrons. The van der Waals surface area contributed by atoms with E-state index in [2.05, 4.69) is 15.3 Å². The summed E-state index contributed by atoms with van der Waals surface area (Å²) >= 11 is 1.59. The van der Waals surface area contributed by atoms with Crippen molar-refractivity contribution in [2.45, 2.75) is 13.5 Å². The Morgan fingerprint density at radius 2 is 2.28 bits per heavy atom. The Balaban J connectivity index is 1.84. The van der Waals surface area contributed by atoms with Crippen LogP contribution in [0.1, 0.15) is 11.4 Å². The SMILES string of the molecule is Cc1nc2sccn2c1CNc1cccc(F)n1. The van der Waals surface area contributed by atoms with Gasteiger partial charge in [0.05, 0.1) is 17.9 Å². The number of thiazole rings is 1. The summed E-state index contributed by atoms with van der Waals surface area (Å²) in [4.78, 5) is 9.18. The van der Waals surface area contributed by atoms with Crippen molar-refractivity contribution >= 4 is 22.1 Å². The van der Waals surface area contributed by atoms with Gasteiger partial charge in [-0.05, 0) is 19.1 Å². The van der Waals surface area contributed by atoms with Gasteiger partial charge < -0.3 is 5.32 Å². The number of aromatic nitrogens is 3. The molecule has 3 aromatic heterocycles. The molecule has 92 valence electrons. The van der Waals surface area contributed by atoms with E-state index in [1.54, 1.807) is 23.5 Å². The monoisotopic (exact) mass is 262 g/mol. The van der Waals surface area contributed by atoms with Gasteiger partial charge >= 0.3 is 0 Å². The molecule has 0 unspecified atom stereocenters. The van der Waals surface area contributed by atoms with Gasteiger partial charge in [0.2, 0.25) is 5.95 Å². The number of rotatable bonds is 3. The zero-order valence-electron chi connectivity index (χ0n) is 9.72. The van der Waals surface area contributed by atoms with Crippen molar-refractivity contribution in [1.29, 1.82) is 0 Å². The lowest BCUT2D eigenvalue weighted by atomic mass is 10.3. The minimum Gasteiger partial charge on any atom is -0.364 e. The predicted molar refractivity (Wildman–Crippen MR) is 69.3 cm³/mol. The van der Waals surface area contributed by atoms with E-state index in [1.165, 1.54) is 6.07 Å². The molecule has 0 amide bonds. The molecule has 0 spiro atoms. The topological polar surface area (TPSA) is 42.2 Å². The van der Waals surface area contributed by atoms with Crippen LogP contribution < -0.4 is 5.32 Å². The van der Waals surface area contributed by atoms with Gasteiger partial charge in [-0.2, -0.15) is 4.39 Å². The van der Waals surface area contributed by atoms with Crippen molar-refractivity contribution in [3.8, 4) is 0 Å². The molecule has 0 aromatic carbocycles. The molecule has 6 heteroatoms. The second kappa shape index (κ2) is 4.38. The molecule has 18 heavy (non-hydrogen) atoms. The summed E-state index contributed by atoms with van der Waals surface area (Å²) in [6.07, 6.45) is 1.98. The highest BCUT2D eigenvalue weighted by molar-refractivity contribution is 7.15. The Hall–Kier alpha value is -1.95. The third-order valence-corrected chi connectivity index (χ3v) is 3.47. The second-order valence-electron chi connectivity index (χ2n) is 3.90. The van der Waals surface area contributed by atoms with E-state index in [0.29, 0.717) is 12.4 Å². The number of halogens is 1. The Bertz CT molecular complexity index is 688. The van der Waals surface area contributed by atoms with Crippen LogP contribution >= 0.6 is 11.3 Å². The lowest BCUT2D eigenvalue weighted by molar-refractivity contribution is 0.585. The number of nitrogens with zero attached hydrogens (tertiary/aromatic N) is 3. The summed E-state index contributed by atoms with van der Waals surface area (Å²) in [6, 6.07) is 4.70. The summed E-state index contributed by atoms with van der Waals surface area (Å²) in [6.45, 7) is 2.54. The van der Waals surface area contributed by atoms with Crippen molar-refractivity contribution in [2.24, 2.45) is 0 Å². The third kappa shape index (κ3) is 1.95. The molecule has 3 heterocycles. The van der Waals surface area contributed by atoms with Crippen LogP contribution in [0.5, 0.6) is 0 Å². The van der Waals surface area contributed by atoms with Crippen LogP contribution in [0.3, 0.4) is 0 Å². The van der Waals surface area contributed by atoms with E-state index in [0.717, 1.165) is 16.3 Å². The van der Waals surface area contributed by atoms with Crippen LogP contribution in [0.15, 0.2) is 29.8 Å². The van der Waals surface area contributed by atoms with Crippen LogP contribution in [-0.4, -0.2) is 14.4 Å². The van der Waals surface area contributed by atoms with Crippen molar-refractivity contribution in [3.63, 3.8) is 0 Å². The first-order valence-corrected chi connectivity index (χ1v) is 6.39. The van der Waals surface area contributed by atoms with Crippen LogP contribution in [0.4, 0.5) is 10.2 Å². The maximum absolute atomic E-state index is 12.9. The van der Waals surface area contributed by atoms with E-state index >= 15 is 0 Å². The van der Waals surface area contributed by atoms with Crippen LogP contribution in [0.2, 0.25) is 0 Å². The van der Waals surface area contributed by atoms with E-state index in [-0.39, 0.29) is 0 Å². The molecule has 0 atom stereocenters. The molecule has 1 N–H and O–H groups in total. The predicted octanol–water partition coefficient (Wildman–Crippen LogP) is 2.85. The first kappa shape index (κ1) is 11.2. The number of aryl methyl sites for hydroxylation is 1. The van der Waals surface area contributed by atoms with Crippen molar-refractivity contribution in [2.75, 3.05) is 5.32 Å². The Morgan fingerprint density at radius 1 is 1.39 bits per heavy atom. The van der Waals surface area contributed by atoms with Gasteiger partial charge in [0.25, 0.3) is 0 Å². The Morgan fingerprint density at radius 3 is 3.11 bits per heavy atom. The van der Waals surface area contributed by atoms with Gasteiger partial charge in [-0.25, -0.2) is 9.97 Å². The minimum absolute atomic E-state index is 0.481. The molecule has 3 rings (SSSR count). The van der Waals surface area contributed by atoms with Crippen LogP contribution in [0.25, 0.3) is 4.96 Å². The number of nitrogens with one attached hydrogen (secondary N) is 1. The number of anilines is 1. The standard InChI is InChI=1S/C12H11FN4S/c1-8-9(17-5-6-18-12(17)15-8)7-14-11-4-2-3-10(13)16-11/h2-6H,7H2,1H3,(H,14,16). The Labute approximate surface area is 107 Å². The summed E-state index contributed by atoms with van der Waals surface area (Å²) in [5.74, 6) is 0.0465. The van der Waals surface area contributed by atoms with Crippen molar-refractivity contribution in [1.82, 2.24) is 14.4 Å². The largest absolute Gasteiger partial charge is 0.364 e. The van der Waals surface area contributed by atoms with Gasteiger partial charge in [-0.1, -0.05) is 6.07 Å². The second-order valence-corrected chi connectivity index (χ2v) is 4.77. The molecular formula is C12H11FN4S. The van der Waals surface area contributed by atoms with Gasteiger partial charge in [0.1, 0.15) is 5.82 Å². The number of pyridine rings is 1. The van der Waals surface area contributed by atoms with Gasteiger partial charge in [0, 0.05) is 11.6 Å². The average molecular weight is 262 g/mol. The molecule has 0 saturated heterocycles. The van der Waals surface area contributed by atoms with Gasteiger partial charge in [-0.15, -0.1) is 11.3 Å². The summed E-state index contributed by atoms with van der Waals surface area (Å²) in [7, 11) is 0. The zero-order chi connectivity index (χ0) is 12.5. The third-order valence-electron chi connectivity index (χ3n) is 2.71. The summed E-state index contributed by atoms with van der Waals surface area (Å²) < 4.78 is 15.0. The quantitative estimate of drug-likeness (QED) is 0.738. The first-order valence-electron chi connectivity index (χ1n) is 5.51. The van der Waals surface area contributed by atoms with Gasteiger partial charge in [0.15, 0.2) is 4.96 Å². The maximum atomic E-state index is 12.9. The van der Waals surface area contributed by atoms with E-state index < -0.39 is 5.95 Å². The molecule has 4 nitrogen and oxygen atoms in total. The molecule has 0 aliphatic heterocycles.